The first-order valence-electron chi connectivity index (χ1n) is 7.22. The van der Waals surface area contributed by atoms with Gasteiger partial charge in [-0.25, -0.2) is 0 Å². The average Bonchev–Trinajstić information content (AvgIpc) is 2.91. The molecule has 1 heterocycles. The van der Waals surface area contributed by atoms with Gasteiger partial charge in [0, 0.05) is 18.2 Å². The number of anilines is 1. The average molecular weight is 269 g/mol. The maximum atomic E-state index is 12.7. The fourth-order valence-electron chi connectivity index (χ4n) is 3.28. The number of nitrogens with zero attached hydrogens (tertiary/aromatic N) is 2. The smallest absolute Gasteiger partial charge is 0.230 e. The lowest BCUT2D eigenvalue weighted by Crippen LogP contribution is -2.45. The van der Waals surface area contributed by atoms with Crippen LogP contribution < -0.4 is 10.6 Å². The van der Waals surface area contributed by atoms with Crippen LogP contribution in [0.15, 0.2) is 24.3 Å². The molecule has 1 aliphatic heterocycles. The Kier molecular flexibility index (Phi) is 3.23. The van der Waals surface area contributed by atoms with Gasteiger partial charge in [-0.05, 0) is 43.7 Å². The van der Waals surface area contributed by atoms with E-state index in [1.165, 1.54) is 5.56 Å². The van der Waals surface area contributed by atoms with Gasteiger partial charge >= 0.3 is 0 Å². The predicted molar refractivity (Wildman–Crippen MR) is 77.0 cm³/mol. The van der Waals surface area contributed by atoms with Crippen molar-refractivity contribution in [1.82, 2.24) is 0 Å². The van der Waals surface area contributed by atoms with Crippen LogP contribution in [0.25, 0.3) is 0 Å². The van der Waals surface area contributed by atoms with Gasteiger partial charge in [0.15, 0.2) is 0 Å². The van der Waals surface area contributed by atoms with Crippen molar-refractivity contribution < 1.29 is 4.79 Å². The van der Waals surface area contributed by atoms with E-state index in [4.69, 9.17) is 11.0 Å². The van der Waals surface area contributed by atoms with Crippen LogP contribution in [0.2, 0.25) is 0 Å². The van der Waals surface area contributed by atoms with Crippen LogP contribution >= 0.6 is 0 Å². The first-order chi connectivity index (χ1) is 9.63. The molecule has 3 rings (SSSR count). The number of nitrogens with two attached hydrogens (primary N) is 1. The van der Waals surface area contributed by atoms with Crippen LogP contribution in [-0.4, -0.2) is 18.0 Å². The zero-order valence-corrected chi connectivity index (χ0v) is 11.5. The molecule has 0 radical (unpaired) electrons. The largest absolute Gasteiger partial charge is 0.313 e. The van der Waals surface area contributed by atoms with Gasteiger partial charge in [-0.2, -0.15) is 5.26 Å². The molecule has 0 atom stereocenters. The van der Waals surface area contributed by atoms with E-state index in [1.54, 1.807) is 0 Å². The third-order valence-corrected chi connectivity index (χ3v) is 4.60. The number of para-hydroxylation sites is 1. The Balaban J connectivity index is 1.71. The second kappa shape index (κ2) is 4.92. The summed E-state index contributed by atoms with van der Waals surface area (Å²) in [4.78, 5) is 14.6. The number of carbonyl (C=O) groups excluding carboxylic acids is 1. The van der Waals surface area contributed by atoms with E-state index in [9.17, 15) is 4.79 Å². The zero-order valence-electron chi connectivity index (χ0n) is 11.5. The number of benzene rings is 1. The van der Waals surface area contributed by atoms with Crippen molar-refractivity contribution >= 4 is 11.6 Å². The summed E-state index contributed by atoms with van der Waals surface area (Å²) in [5.74, 6) is 0.223. The van der Waals surface area contributed by atoms with Crippen molar-refractivity contribution in [3.8, 4) is 6.07 Å². The fourth-order valence-corrected chi connectivity index (χ4v) is 3.28. The van der Waals surface area contributed by atoms with Gasteiger partial charge in [0.05, 0.1) is 6.07 Å². The van der Waals surface area contributed by atoms with Gasteiger partial charge in [-0.15, -0.1) is 0 Å². The highest BCUT2D eigenvalue weighted by atomic mass is 16.2. The molecule has 0 unspecified atom stereocenters. The number of rotatable bonds is 1. The molecule has 2 N–H and O–H groups in total. The number of hydrogen-bond acceptors (Lipinski definition) is 3. The Morgan fingerprint density at radius 3 is 2.75 bits per heavy atom. The molecule has 1 aromatic rings. The summed E-state index contributed by atoms with van der Waals surface area (Å²) in [5.41, 5.74) is 7.55. The third-order valence-electron chi connectivity index (χ3n) is 4.60. The van der Waals surface area contributed by atoms with E-state index in [0.717, 1.165) is 31.5 Å². The molecule has 1 amide bonds. The lowest BCUT2D eigenvalue weighted by Gasteiger charge is -2.33. The molecular formula is C16H19N3O. The van der Waals surface area contributed by atoms with Crippen molar-refractivity contribution in [3.63, 3.8) is 0 Å². The molecule has 1 saturated carbocycles. The van der Waals surface area contributed by atoms with Gasteiger partial charge in [0.25, 0.3) is 0 Å². The number of hydrogen-bond donors (Lipinski definition) is 1. The minimum absolute atomic E-state index is 0.0196. The van der Waals surface area contributed by atoms with Crippen LogP contribution in [0.5, 0.6) is 0 Å². The molecule has 2 aliphatic rings. The van der Waals surface area contributed by atoms with Crippen molar-refractivity contribution in [2.24, 2.45) is 11.7 Å². The Hall–Kier alpha value is -1.86. The second-order valence-electron chi connectivity index (χ2n) is 5.91. The number of amides is 1. The van der Waals surface area contributed by atoms with Crippen molar-refractivity contribution in [2.75, 3.05) is 11.4 Å². The van der Waals surface area contributed by atoms with E-state index < -0.39 is 5.54 Å². The zero-order chi connectivity index (χ0) is 14.2. The standard InChI is InChI=1S/C16H19N3O/c17-11-16(18)8-5-13(6-9-16)15(20)19-10-7-12-3-1-2-4-14(12)19/h1-4,13H,5-10,18H2. The lowest BCUT2D eigenvalue weighted by atomic mass is 9.77. The van der Waals surface area contributed by atoms with Gasteiger partial charge < -0.3 is 10.6 Å². The highest BCUT2D eigenvalue weighted by molar-refractivity contribution is 5.97. The molecule has 0 saturated heterocycles. The predicted octanol–water partition coefficient (Wildman–Crippen LogP) is 1.99. The normalized spacial score (nSPS) is 28.8. The summed E-state index contributed by atoms with van der Waals surface area (Å²) in [7, 11) is 0. The minimum Gasteiger partial charge on any atom is -0.313 e. The van der Waals surface area contributed by atoms with Crippen LogP contribution in [0, 0.1) is 17.2 Å². The molecule has 0 aromatic heterocycles. The lowest BCUT2D eigenvalue weighted by molar-refractivity contribution is -0.123. The van der Waals surface area contributed by atoms with Gasteiger partial charge in [0.1, 0.15) is 5.54 Å². The number of nitriles is 1. The Morgan fingerprint density at radius 2 is 2.05 bits per heavy atom. The van der Waals surface area contributed by atoms with Gasteiger partial charge in [-0.3, -0.25) is 4.79 Å². The minimum atomic E-state index is -0.723. The summed E-state index contributed by atoms with van der Waals surface area (Å²) in [6.45, 7) is 0.778. The van der Waals surface area contributed by atoms with E-state index in [0.29, 0.717) is 12.8 Å². The summed E-state index contributed by atoms with van der Waals surface area (Å²) in [5, 5.41) is 9.05. The van der Waals surface area contributed by atoms with E-state index in [-0.39, 0.29) is 11.8 Å². The molecule has 0 spiro atoms. The highest BCUT2D eigenvalue weighted by Gasteiger charge is 2.37. The van der Waals surface area contributed by atoms with Crippen molar-refractivity contribution in [1.29, 1.82) is 5.26 Å². The fraction of sp³-hybridized carbons (Fsp3) is 0.500. The Bertz CT molecular complexity index is 567. The first-order valence-corrected chi connectivity index (χ1v) is 7.22. The van der Waals surface area contributed by atoms with E-state index in [1.807, 2.05) is 23.1 Å². The first kappa shape index (κ1) is 13.1. The Labute approximate surface area is 119 Å². The van der Waals surface area contributed by atoms with Gasteiger partial charge in [0.2, 0.25) is 5.91 Å². The van der Waals surface area contributed by atoms with Crippen molar-refractivity contribution in [2.45, 2.75) is 37.6 Å². The van der Waals surface area contributed by atoms with Gasteiger partial charge in [-0.1, -0.05) is 18.2 Å². The molecular weight excluding hydrogens is 250 g/mol. The Morgan fingerprint density at radius 1 is 1.35 bits per heavy atom. The van der Waals surface area contributed by atoms with Crippen LogP contribution in [0.1, 0.15) is 31.2 Å². The van der Waals surface area contributed by atoms with Crippen LogP contribution in [-0.2, 0) is 11.2 Å². The van der Waals surface area contributed by atoms with Crippen molar-refractivity contribution in [3.05, 3.63) is 29.8 Å². The second-order valence-corrected chi connectivity index (χ2v) is 5.91. The molecule has 4 nitrogen and oxygen atoms in total. The summed E-state index contributed by atoms with van der Waals surface area (Å²) >= 11 is 0. The number of fused-ring (bicyclic) bond motifs is 1. The molecule has 0 bridgehead atoms. The quantitative estimate of drug-likeness (QED) is 0.847. The SMILES string of the molecule is N#CC1(N)CCC(C(=O)N2CCc3ccccc32)CC1. The summed E-state index contributed by atoms with van der Waals surface area (Å²) in [6.07, 6.45) is 3.63. The highest BCUT2D eigenvalue weighted by Crippen LogP contribution is 2.35. The third kappa shape index (κ3) is 2.19. The monoisotopic (exact) mass is 269 g/mol. The maximum absolute atomic E-state index is 12.7. The number of carbonyl (C=O) groups is 1. The molecule has 20 heavy (non-hydrogen) atoms. The molecule has 1 fully saturated rings. The van der Waals surface area contributed by atoms with Crippen LogP contribution in [0.4, 0.5) is 5.69 Å². The van der Waals surface area contributed by atoms with Crippen LogP contribution in [0.3, 0.4) is 0 Å². The molecule has 4 heteroatoms. The summed E-state index contributed by atoms with van der Waals surface area (Å²) < 4.78 is 0. The molecule has 104 valence electrons. The maximum Gasteiger partial charge on any atom is 0.230 e. The topological polar surface area (TPSA) is 70.1 Å². The van der Waals surface area contributed by atoms with E-state index >= 15 is 0 Å². The summed E-state index contributed by atoms with van der Waals surface area (Å²) in [6, 6.07) is 10.3. The van der Waals surface area contributed by atoms with E-state index in [2.05, 4.69) is 12.1 Å². The molecule has 1 aromatic carbocycles. The molecule has 1 aliphatic carbocycles.